The van der Waals surface area contributed by atoms with E-state index in [0.29, 0.717) is 6.54 Å². The molecule has 0 aromatic rings. The summed E-state index contributed by atoms with van der Waals surface area (Å²) in [6, 6.07) is -0.0874. The SMILES string of the molecule is C=NN1CCCCNC(=O)NCCCC/C=C\CCCCCCC/C1=N/N. The summed E-state index contributed by atoms with van der Waals surface area (Å²) in [4.78, 5) is 11.7. The zero-order chi connectivity index (χ0) is 19.6. The molecule has 0 fully saturated rings. The van der Waals surface area contributed by atoms with Crippen molar-refractivity contribution in [2.75, 3.05) is 19.6 Å². The van der Waals surface area contributed by atoms with Gasteiger partial charge in [-0.25, -0.2) is 4.79 Å². The van der Waals surface area contributed by atoms with Crippen molar-refractivity contribution in [3.8, 4) is 0 Å². The van der Waals surface area contributed by atoms with E-state index in [1.54, 1.807) is 5.01 Å². The van der Waals surface area contributed by atoms with Crippen LogP contribution in [-0.2, 0) is 0 Å². The fraction of sp³-hybridized carbons (Fsp3) is 0.750. The second-order valence-corrected chi connectivity index (χ2v) is 6.97. The molecule has 4 N–H and O–H groups in total. The second-order valence-electron chi connectivity index (χ2n) is 6.97. The maximum Gasteiger partial charge on any atom is 0.314 e. The minimum Gasteiger partial charge on any atom is -0.338 e. The first kappa shape index (κ1) is 23.0. The number of carbonyl (C=O) groups is 1. The van der Waals surface area contributed by atoms with Crippen molar-refractivity contribution >= 4 is 18.6 Å². The molecule has 0 aromatic carbocycles. The molecule has 1 rings (SSSR count). The minimum atomic E-state index is -0.0874. The van der Waals surface area contributed by atoms with Gasteiger partial charge in [-0.2, -0.15) is 10.2 Å². The Morgan fingerprint density at radius 2 is 1.48 bits per heavy atom. The van der Waals surface area contributed by atoms with Gasteiger partial charge in [-0.1, -0.05) is 31.4 Å². The van der Waals surface area contributed by atoms with Crippen LogP contribution in [0.2, 0.25) is 0 Å². The Morgan fingerprint density at radius 1 is 0.889 bits per heavy atom. The van der Waals surface area contributed by atoms with Crippen LogP contribution in [0.5, 0.6) is 0 Å². The monoisotopic (exact) mass is 378 g/mol. The number of amides is 2. The number of amidine groups is 1. The molecule has 154 valence electrons. The van der Waals surface area contributed by atoms with Crippen LogP contribution in [0.4, 0.5) is 4.79 Å². The lowest BCUT2D eigenvalue weighted by molar-refractivity contribution is 0.240. The molecular formula is C20H38N6O. The third kappa shape index (κ3) is 12.0. The highest BCUT2D eigenvalue weighted by molar-refractivity contribution is 5.82. The number of allylic oxidation sites excluding steroid dienone is 2. The lowest BCUT2D eigenvalue weighted by Gasteiger charge is -2.20. The molecule has 0 radical (unpaired) electrons. The standard InChI is InChI=1S/C20H38N6O/c1-22-26-18-14-13-17-24-20(27)23-16-12-10-8-6-4-2-3-5-7-9-11-15-19(26)25-21/h4,6H,1-3,5,7-18,21H2,(H2,23,24,27)/b6-4-,25-19-. The zero-order valence-corrected chi connectivity index (χ0v) is 16.8. The highest BCUT2D eigenvalue weighted by Gasteiger charge is 2.09. The summed E-state index contributed by atoms with van der Waals surface area (Å²) < 4.78 is 0. The average molecular weight is 379 g/mol. The number of hydrazone groups is 2. The summed E-state index contributed by atoms with van der Waals surface area (Å²) in [5.41, 5.74) is 0. The number of nitrogens with one attached hydrogen (secondary N) is 2. The normalized spacial score (nSPS) is 23.3. The lowest BCUT2D eigenvalue weighted by Crippen LogP contribution is -2.36. The van der Waals surface area contributed by atoms with E-state index in [4.69, 9.17) is 5.84 Å². The zero-order valence-electron chi connectivity index (χ0n) is 16.8. The number of nitrogens with zero attached hydrogens (tertiary/aromatic N) is 3. The molecule has 2 amide bonds. The van der Waals surface area contributed by atoms with Crippen molar-refractivity contribution in [3.63, 3.8) is 0 Å². The van der Waals surface area contributed by atoms with Gasteiger partial charge in [0.05, 0.1) is 0 Å². The predicted molar refractivity (Wildman–Crippen MR) is 114 cm³/mol. The van der Waals surface area contributed by atoms with Gasteiger partial charge in [0, 0.05) is 32.8 Å². The second kappa shape index (κ2) is 16.1. The molecule has 0 atom stereocenters. The Labute approximate surface area is 164 Å². The molecule has 0 unspecified atom stereocenters. The highest BCUT2D eigenvalue weighted by atomic mass is 16.2. The van der Waals surface area contributed by atoms with Crippen molar-refractivity contribution in [1.82, 2.24) is 15.6 Å². The van der Waals surface area contributed by atoms with Crippen molar-refractivity contribution in [2.24, 2.45) is 16.0 Å². The first-order valence-electron chi connectivity index (χ1n) is 10.5. The van der Waals surface area contributed by atoms with Crippen LogP contribution < -0.4 is 16.5 Å². The molecule has 27 heavy (non-hydrogen) atoms. The van der Waals surface area contributed by atoms with E-state index in [1.165, 1.54) is 25.7 Å². The van der Waals surface area contributed by atoms with Crippen molar-refractivity contribution in [3.05, 3.63) is 12.2 Å². The van der Waals surface area contributed by atoms with Crippen molar-refractivity contribution in [1.29, 1.82) is 0 Å². The van der Waals surface area contributed by atoms with Crippen LogP contribution >= 0.6 is 0 Å². The Balaban J connectivity index is 2.43. The number of carbonyl (C=O) groups excluding carboxylic acids is 1. The Hall–Kier alpha value is -2.05. The topological polar surface area (TPSA) is 95.1 Å². The molecule has 0 saturated carbocycles. The molecular weight excluding hydrogens is 340 g/mol. The van der Waals surface area contributed by atoms with Crippen LogP contribution in [0.3, 0.4) is 0 Å². The number of rotatable bonds is 1. The third-order valence-electron chi connectivity index (χ3n) is 4.72. The fourth-order valence-electron chi connectivity index (χ4n) is 3.09. The van der Waals surface area contributed by atoms with Gasteiger partial charge in [0.25, 0.3) is 0 Å². The average Bonchev–Trinajstić information content (AvgIpc) is 2.68. The lowest BCUT2D eigenvalue weighted by atomic mass is 10.1. The summed E-state index contributed by atoms with van der Waals surface area (Å²) in [7, 11) is 0. The van der Waals surface area contributed by atoms with E-state index in [9.17, 15) is 4.79 Å². The van der Waals surface area contributed by atoms with Gasteiger partial charge < -0.3 is 16.5 Å². The fourth-order valence-corrected chi connectivity index (χ4v) is 3.09. The van der Waals surface area contributed by atoms with E-state index in [2.05, 4.69) is 39.7 Å². The van der Waals surface area contributed by atoms with Crippen LogP contribution in [0.15, 0.2) is 22.4 Å². The van der Waals surface area contributed by atoms with Crippen LogP contribution in [-0.4, -0.2) is 43.2 Å². The summed E-state index contributed by atoms with van der Waals surface area (Å²) in [5.74, 6) is 6.35. The molecule has 0 bridgehead atoms. The van der Waals surface area contributed by atoms with Gasteiger partial charge in [0.15, 0.2) is 0 Å². The van der Waals surface area contributed by atoms with E-state index >= 15 is 0 Å². The van der Waals surface area contributed by atoms with Gasteiger partial charge in [-0.15, -0.1) is 0 Å². The smallest absolute Gasteiger partial charge is 0.314 e. The maximum absolute atomic E-state index is 11.7. The number of hydrogen-bond donors (Lipinski definition) is 3. The van der Waals surface area contributed by atoms with Gasteiger partial charge in [0.1, 0.15) is 5.84 Å². The number of hydrogen-bond acceptors (Lipinski definition) is 4. The van der Waals surface area contributed by atoms with Gasteiger partial charge in [0.2, 0.25) is 0 Å². The van der Waals surface area contributed by atoms with Crippen LogP contribution in [0.1, 0.15) is 77.0 Å². The van der Waals surface area contributed by atoms with E-state index in [1.807, 2.05) is 0 Å². The predicted octanol–water partition coefficient (Wildman–Crippen LogP) is 3.73. The Kier molecular flexibility index (Phi) is 13.7. The van der Waals surface area contributed by atoms with Gasteiger partial charge in [-0.05, 0) is 51.4 Å². The molecule has 7 heteroatoms. The molecule has 0 aliphatic carbocycles. The molecule has 0 aromatic heterocycles. The van der Waals surface area contributed by atoms with Gasteiger partial charge >= 0.3 is 6.03 Å². The Morgan fingerprint density at radius 3 is 2.15 bits per heavy atom. The summed E-state index contributed by atoms with van der Waals surface area (Å²) >= 11 is 0. The highest BCUT2D eigenvalue weighted by Crippen LogP contribution is 2.11. The molecule has 0 saturated heterocycles. The summed E-state index contributed by atoms with van der Waals surface area (Å²) in [5, 5.41) is 15.5. The van der Waals surface area contributed by atoms with Crippen LogP contribution in [0.25, 0.3) is 0 Å². The molecule has 1 aliphatic rings. The maximum atomic E-state index is 11.7. The largest absolute Gasteiger partial charge is 0.338 e. The third-order valence-corrected chi connectivity index (χ3v) is 4.72. The number of nitrogens with two attached hydrogens (primary N) is 1. The first-order valence-corrected chi connectivity index (χ1v) is 10.5. The van der Waals surface area contributed by atoms with Crippen molar-refractivity contribution in [2.45, 2.75) is 77.0 Å². The van der Waals surface area contributed by atoms with Crippen LogP contribution in [0, 0.1) is 0 Å². The van der Waals surface area contributed by atoms with E-state index in [0.717, 1.165) is 70.3 Å². The number of urea groups is 1. The van der Waals surface area contributed by atoms with Gasteiger partial charge in [-0.3, -0.25) is 5.01 Å². The molecule has 0 spiro atoms. The molecule has 1 heterocycles. The quantitative estimate of drug-likeness (QED) is 0.281. The van der Waals surface area contributed by atoms with Crippen molar-refractivity contribution < 1.29 is 4.79 Å². The molecule has 1 aliphatic heterocycles. The summed E-state index contributed by atoms with van der Waals surface area (Å²) in [6.07, 6.45) is 17.6. The molecule has 7 nitrogen and oxygen atoms in total. The van der Waals surface area contributed by atoms with E-state index in [-0.39, 0.29) is 6.03 Å². The van der Waals surface area contributed by atoms with E-state index < -0.39 is 0 Å². The Bertz CT molecular complexity index is 463. The first-order chi connectivity index (χ1) is 13.3. The minimum absolute atomic E-state index is 0.0874. The summed E-state index contributed by atoms with van der Waals surface area (Å²) in [6.45, 7) is 5.73.